The third kappa shape index (κ3) is 4.04. The first-order valence-corrected chi connectivity index (χ1v) is 9.61. The predicted molar refractivity (Wildman–Crippen MR) is 107 cm³/mol. The van der Waals surface area contributed by atoms with E-state index in [1.54, 1.807) is 18.2 Å². The zero-order chi connectivity index (χ0) is 19.4. The number of fused-ring (bicyclic) bond motifs is 1. The minimum absolute atomic E-state index is 0.0695. The lowest BCUT2D eigenvalue weighted by Crippen LogP contribution is -2.21. The molecule has 0 bridgehead atoms. The Labute approximate surface area is 164 Å². The van der Waals surface area contributed by atoms with Crippen LogP contribution in [0.1, 0.15) is 55.2 Å². The summed E-state index contributed by atoms with van der Waals surface area (Å²) in [5.74, 6) is 0.417. The fraction of sp³-hybridized carbons (Fsp3) is 0.318. The maximum Gasteiger partial charge on any atom is 0.205 e. The Kier molecular flexibility index (Phi) is 5.93. The van der Waals surface area contributed by atoms with Crippen LogP contribution in [-0.4, -0.2) is 5.11 Å². The van der Waals surface area contributed by atoms with E-state index in [0.29, 0.717) is 16.3 Å². The molecule has 0 fully saturated rings. The molecule has 2 aromatic carbocycles. The van der Waals surface area contributed by atoms with Gasteiger partial charge in [0.25, 0.3) is 0 Å². The van der Waals surface area contributed by atoms with Gasteiger partial charge in [0.15, 0.2) is 0 Å². The van der Waals surface area contributed by atoms with Crippen LogP contribution in [0.25, 0.3) is 0 Å². The van der Waals surface area contributed by atoms with Crippen molar-refractivity contribution in [3.05, 3.63) is 69.6 Å². The van der Waals surface area contributed by atoms with E-state index < -0.39 is 0 Å². The summed E-state index contributed by atoms with van der Waals surface area (Å²) in [6.45, 7) is 2.17. The molecule has 3 rings (SSSR count). The van der Waals surface area contributed by atoms with E-state index in [-0.39, 0.29) is 17.6 Å². The summed E-state index contributed by atoms with van der Waals surface area (Å²) < 4.78 is 5.64. The molecular formula is C22H23ClN2O2. The zero-order valence-corrected chi connectivity index (χ0v) is 16.1. The Hall–Kier alpha value is -2.64. The molecule has 1 unspecified atom stereocenters. The highest BCUT2D eigenvalue weighted by atomic mass is 35.5. The van der Waals surface area contributed by atoms with Crippen LogP contribution < -0.4 is 10.5 Å². The van der Waals surface area contributed by atoms with Crippen LogP contribution in [0.4, 0.5) is 0 Å². The van der Waals surface area contributed by atoms with E-state index in [9.17, 15) is 10.4 Å². The third-order valence-electron chi connectivity index (χ3n) is 4.92. The number of nitriles is 1. The van der Waals surface area contributed by atoms with E-state index in [4.69, 9.17) is 22.1 Å². The molecule has 5 heteroatoms. The SMILES string of the molecule is CCCCCCc1cc2c(cc1O)OC(N)=C(C#N)C2c1ccc(Cl)cc1. The van der Waals surface area contributed by atoms with Gasteiger partial charge in [0.05, 0.1) is 5.92 Å². The second-order valence-electron chi connectivity index (χ2n) is 6.81. The number of benzene rings is 2. The molecular weight excluding hydrogens is 360 g/mol. The number of nitrogens with zero attached hydrogens (tertiary/aromatic N) is 1. The summed E-state index contributed by atoms with van der Waals surface area (Å²) in [6.07, 6.45) is 5.27. The number of allylic oxidation sites excluding steroid dienone is 1. The second-order valence-corrected chi connectivity index (χ2v) is 7.24. The number of phenolic OH excluding ortho intramolecular Hbond substituents is 1. The Morgan fingerprint density at radius 3 is 2.59 bits per heavy atom. The molecule has 0 aromatic heterocycles. The van der Waals surface area contributed by atoms with Crippen molar-refractivity contribution in [3.8, 4) is 17.6 Å². The molecule has 0 aliphatic carbocycles. The number of hydrogen-bond acceptors (Lipinski definition) is 4. The molecule has 0 amide bonds. The van der Waals surface area contributed by atoms with Crippen molar-refractivity contribution in [2.75, 3.05) is 0 Å². The number of ether oxygens (including phenoxy) is 1. The number of halogens is 1. The average molecular weight is 383 g/mol. The standard InChI is InChI=1S/C22H23ClN2O2/c1-2-3-4-5-6-15-11-17-20(12-19(15)26)27-22(25)18(13-24)21(17)14-7-9-16(23)10-8-14/h7-12,21,26H,2-6,25H2,1H3. The summed E-state index contributed by atoms with van der Waals surface area (Å²) in [6, 6.07) is 13.1. The fourth-order valence-corrected chi connectivity index (χ4v) is 3.61. The van der Waals surface area contributed by atoms with Gasteiger partial charge in [-0.3, -0.25) is 0 Å². The summed E-state index contributed by atoms with van der Waals surface area (Å²) in [5, 5.41) is 20.7. The van der Waals surface area contributed by atoms with Crippen LogP contribution in [0.5, 0.6) is 11.5 Å². The van der Waals surface area contributed by atoms with Crippen molar-refractivity contribution in [1.82, 2.24) is 0 Å². The van der Waals surface area contributed by atoms with Crippen LogP contribution in [0.2, 0.25) is 5.02 Å². The van der Waals surface area contributed by atoms with Gasteiger partial charge in [-0.15, -0.1) is 0 Å². The van der Waals surface area contributed by atoms with Crippen LogP contribution in [-0.2, 0) is 6.42 Å². The van der Waals surface area contributed by atoms with Crippen molar-refractivity contribution in [2.24, 2.45) is 5.73 Å². The molecule has 0 radical (unpaired) electrons. The first-order valence-electron chi connectivity index (χ1n) is 9.24. The molecule has 140 valence electrons. The van der Waals surface area contributed by atoms with Crippen LogP contribution in [0.3, 0.4) is 0 Å². The van der Waals surface area contributed by atoms with Crippen molar-refractivity contribution in [2.45, 2.75) is 44.9 Å². The molecule has 3 N–H and O–H groups in total. The largest absolute Gasteiger partial charge is 0.508 e. The van der Waals surface area contributed by atoms with E-state index in [1.165, 1.54) is 6.42 Å². The highest BCUT2D eigenvalue weighted by Gasteiger charge is 2.31. The molecule has 1 aliphatic heterocycles. The van der Waals surface area contributed by atoms with E-state index in [0.717, 1.165) is 42.4 Å². The normalized spacial score (nSPS) is 15.8. The van der Waals surface area contributed by atoms with Gasteiger partial charge in [-0.05, 0) is 42.2 Å². The first kappa shape index (κ1) is 19.1. The minimum atomic E-state index is -0.342. The molecule has 1 atom stereocenters. The quantitative estimate of drug-likeness (QED) is 0.656. The summed E-state index contributed by atoms with van der Waals surface area (Å²) >= 11 is 6.02. The lowest BCUT2D eigenvalue weighted by atomic mass is 9.82. The Bertz CT molecular complexity index is 898. The van der Waals surface area contributed by atoms with Gasteiger partial charge in [0.1, 0.15) is 23.1 Å². The molecule has 1 aliphatic rings. The molecule has 27 heavy (non-hydrogen) atoms. The Balaban J connectivity index is 2.03. The minimum Gasteiger partial charge on any atom is -0.508 e. The summed E-state index contributed by atoms with van der Waals surface area (Å²) in [4.78, 5) is 0. The number of aryl methyl sites for hydroxylation is 1. The maximum absolute atomic E-state index is 10.4. The zero-order valence-electron chi connectivity index (χ0n) is 15.3. The predicted octanol–water partition coefficient (Wildman–Crippen LogP) is 5.39. The maximum atomic E-state index is 10.4. The monoisotopic (exact) mass is 382 g/mol. The van der Waals surface area contributed by atoms with Crippen LogP contribution in [0.15, 0.2) is 47.9 Å². The van der Waals surface area contributed by atoms with E-state index >= 15 is 0 Å². The Morgan fingerprint density at radius 1 is 1.19 bits per heavy atom. The summed E-state index contributed by atoms with van der Waals surface area (Å²) in [7, 11) is 0. The van der Waals surface area contributed by atoms with Gasteiger partial charge in [0, 0.05) is 16.7 Å². The van der Waals surface area contributed by atoms with Gasteiger partial charge in [0.2, 0.25) is 5.88 Å². The number of unbranched alkanes of at least 4 members (excludes halogenated alkanes) is 3. The molecule has 2 aromatic rings. The number of nitrogens with two attached hydrogens (primary N) is 1. The molecule has 0 saturated heterocycles. The van der Waals surface area contributed by atoms with Gasteiger partial charge in [-0.25, -0.2) is 0 Å². The van der Waals surface area contributed by atoms with Crippen LogP contribution >= 0.6 is 11.6 Å². The van der Waals surface area contributed by atoms with Gasteiger partial charge in [-0.1, -0.05) is 49.9 Å². The summed E-state index contributed by atoms with van der Waals surface area (Å²) in [5.41, 5.74) is 8.97. The molecule has 0 spiro atoms. The lowest BCUT2D eigenvalue weighted by Gasteiger charge is -2.27. The highest BCUT2D eigenvalue weighted by Crippen LogP contribution is 2.44. The molecule has 1 heterocycles. The van der Waals surface area contributed by atoms with Crippen molar-refractivity contribution in [3.63, 3.8) is 0 Å². The molecule has 4 nitrogen and oxygen atoms in total. The van der Waals surface area contributed by atoms with Gasteiger partial charge in [-0.2, -0.15) is 5.26 Å². The van der Waals surface area contributed by atoms with Crippen molar-refractivity contribution < 1.29 is 9.84 Å². The Morgan fingerprint density at radius 2 is 1.93 bits per heavy atom. The van der Waals surface area contributed by atoms with Gasteiger partial charge >= 0.3 is 0 Å². The number of phenols is 1. The van der Waals surface area contributed by atoms with Gasteiger partial charge < -0.3 is 15.6 Å². The lowest BCUT2D eigenvalue weighted by molar-refractivity contribution is 0.387. The van der Waals surface area contributed by atoms with E-state index in [2.05, 4.69) is 13.0 Å². The van der Waals surface area contributed by atoms with Crippen molar-refractivity contribution >= 4 is 11.6 Å². The number of hydrogen-bond donors (Lipinski definition) is 2. The third-order valence-corrected chi connectivity index (χ3v) is 5.17. The van der Waals surface area contributed by atoms with Crippen LogP contribution in [0, 0.1) is 11.3 Å². The topological polar surface area (TPSA) is 79.3 Å². The smallest absolute Gasteiger partial charge is 0.205 e. The fourth-order valence-electron chi connectivity index (χ4n) is 3.48. The van der Waals surface area contributed by atoms with E-state index in [1.807, 2.05) is 18.2 Å². The number of rotatable bonds is 6. The average Bonchev–Trinajstić information content (AvgIpc) is 2.65. The second kappa shape index (κ2) is 8.37. The molecule has 0 saturated carbocycles. The highest BCUT2D eigenvalue weighted by molar-refractivity contribution is 6.30. The first-order chi connectivity index (χ1) is 13.0. The number of aromatic hydroxyl groups is 1. The van der Waals surface area contributed by atoms with Crippen molar-refractivity contribution in [1.29, 1.82) is 5.26 Å².